The zero-order valence-electron chi connectivity index (χ0n) is 8.94. The Labute approximate surface area is 88.3 Å². The minimum atomic E-state index is -0.659. The van der Waals surface area contributed by atoms with Crippen LogP contribution in [0.5, 0.6) is 5.75 Å². The standard InChI is InChI=1S/C11H15F2NO/c1-14-4-3-9-5-8(7-12)6-10(13)11(9)15-2/h5-6,14H,3-4,7H2,1-2H3. The van der Waals surface area contributed by atoms with Crippen molar-refractivity contribution in [3.05, 3.63) is 29.1 Å². The molecule has 0 aliphatic carbocycles. The van der Waals surface area contributed by atoms with Gasteiger partial charge in [0.2, 0.25) is 0 Å². The fourth-order valence-corrected chi connectivity index (χ4v) is 1.46. The third-order valence-electron chi connectivity index (χ3n) is 2.18. The van der Waals surface area contributed by atoms with Gasteiger partial charge in [0, 0.05) is 0 Å². The molecule has 0 aliphatic rings. The van der Waals surface area contributed by atoms with Crippen molar-refractivity contribution in [2.75, 3.05) is 20.7 Å². The van der Waals surface area contributed by atoms with Crippen molar-refractivity contribution < 1.29 is 13.5 Å². The molecule has 2 nitrogen and oxygen atoms in total. The Hall–Kier alpha value is -1.16. The van der Waals surface area contributed by atoms with Crippen LogP contribution in [0.3, 0.4) is 0 Å². The first-order valence-corrected chi connectivity index (χ1v) is 4.78. The summed E-state index contributed by atoms with van der Waals surface area (Å²) in [7, 11) is 3.22. The smallest absolute Gasteiger partial charge is 0.165 e. The van der Waals surface area contributed by atoms with Crippen LogP contribution >= 0.6 is 0 Å². The molecule has 1 aromatic carbocycles. The molecule has 0 aromatic heterocycles. The van der Waals surface area contributed by atoms with E-state index in [1.807, 2.05) is 7.05 Å². The average molecular weight is 215 g/mol. The van der Waals surface area contributed by atoms with Crippen molar-refractivity contribution in [1.82, 2.24) is 5.32 Å². The summed E-state index contributed by atoms with van der Waals surface area (Å²) < 4.78 is 30.8. The number of benzene rings is 1. The first-order valence-electron chi connectivity index (χ1n) is 4.78. The molecule has 1 N–H and O–H groups in total. The Balaban J connectivity index is 3.02. The maximum Gasteiger partial charge on any atom is 0.165 e. The largest absolute Gasteiger partial charge is 0.493 e. The summed E-state index contributed by atoms with van der Waals surface area (Å²) in [5.41, 5.74) is 1.04. The second-order valence-electron chi connectivity index (χ2n) is 3.26. The third kappa shape index (κ3) is 2.89. The van der Waals surface area contributed by atoms with Gasteiger partial charge in [0.25, 0.3) is 0 Å². The van der Waals surface area contributed by atoms with Crippen LogP contribution in [0.15, 0.2) is 12.1 Å². The number of rotatable bonds is 5. The molecule has 0 unspecified atom stereocenters. The van der Waals surface area contributed by atoms with Crippen molar-refractivity contribution in [1.29, 1.82) is 0 Å². The van der Waals surface area contributed by atoms with Crippen LogP contribution in [0.4, 0.5) is 8.78 Å². The van der Waals surface area contributed by atoms with E-state index in [-0.39, 0.29) is 5.75 Å². The van der Waals surface area contributed by atoms with Crippen molar-refractivity contribution in [3.63, 3.8) is 0 Å². The van der Waals surface area contributed by atoms with Crippen molar-refractivity contribution in [2.45, 2.75) is 13.1 Å². The lowest BCUT2D eigenvalue weighted by Crippen LogP contribution is -2.11. The summed E-state index contributed by atoms with van der Waals surface area (Å²) in [5.74, 6) is -0.291. The van der Waals surface area contributed by atoms with Gasteiger partial charge in [-0.1, -0.05) is 0 Å². The number of ether oxygens (including phenoxy) is 1. The molecule has 0 aliphatic heterocycles. The van der Waals surface area contributed by atoms with E-state index in [9.17, 15) is 8.78 Å². The molecule has 1 aromatic rings. The Kier molecular flexibility index (Phi) is 4.49. The molecule has 84 valence electrons. The summed E-state index contributed by atoms with van der Waals surface area (Å²) in [6.07, 6.45) is 0.616. The monoisotopic (exact) mass is 215 g/mol. The molecule has 0 radical (unpaired) electrons. The van der Waals surface area contributed by atoms with Gasteiger partial charge in [-0.2, -0.15) is 0 Å². The lowest BCUT2D eigenvalue weighted by atomic mass is 10.1. The molecule has 1 rings (SSSR count). The van der Waals surface area contributed by atoms with Gasteiger partial charge >= 0.3 is 0 Å². The summed E-state index contributed by atoms with van der Waals surface area (Å²) in [5, 5.41) is 2.95. The molecular formula is C11H15F2NO. The van der Waals surface area contributed by atoms with Gasteiger partial charge in [0.15, 0.2) is 11.6 Å². The lowest BCUT2D eigenvalue weighted by molar-refractivity contribution is 0.379. The zero-order chi connectivity index (χ0) is 11.3. The Bertz CT molecular complexity index is 329. The topological polar surface area (TPSA) is 21.3 Å². The molecular weight excluding hydrogens is 200 g/mol. The number of hydrogen-bond donors (Lipinski definition) is 1. The quantitative estimate of drug-likeness (QED) is 0.811. The van der Waals surface area contributed by atoms with Crippen molar-refractivity contribution >= 4 is 0 Å². The first kappa shape index (κ1) is 11.9. The van der Waals surface area contributed by atoms with E-state index >= 15 is 0 Å². The van der Waals surface area contributed by atoms with Crippen LogP contribution < -0.4 is 10.1 Å². The minimum Gasteiger partial charge on any atom is -0.493 e. The summed E-state index contributed by atoms with van der Waals surface area (Å²) in [6, 6.07) is 2.81. The Morgan fingerprint density at radius 1 is 1.40 bits per heavy atom. The Morgan fingerprint density at radius 2 is 2.13 bits per heavy atom. The highest BCUT2D eigenvalue weighted by atomic mass is 19.1. The van der Waals surface area contributed by atoms with E-state index < -0.39 is 12.5 Å². The molecule has 0 saturated carbocycles. The number of nitrogens with one attached hydrogen (secondary N) is 1. The van der Waals surface area contributed by atoms with Gasteiger partial charge in [-0.25, -0.2) is 8.78 Å². The van der Waals surface area contributed by atoms with Gasteiger partial charge in [-0.15, -0.1) is 0 Å². The highest BCUT2D eigenvalue weighted by molar-refractivity contribution is 5.38. The predicted octanol–water partition coefficient (Wildman–Crippen LogP) is 2.07. The van der Waals surface area contributed by atoms with Crippen LogP contribution in [0.2, 0.25) is 0 Å². The van der Waals surface area contributed by atoms with Gasteiger partial charge in [0.1, 0.15) is 6.67 Å². The molecule has 4 heteroatoms. The molecule has 0 bridgehead atoms. The first-order chi connectivity index (χ1) is 7.22. The van der Waals surface area contributed by atoms with Crippen LogP contribution in [0, 0.1) is 5.82 Å². The van der Waals surface area contributed by atoms with Gasteiger partial charge in [-0.3, -0.25) is 0 Å². The Morgan fingerprint density at radius 3 is 2.67 bits per heavy atom. The van der Waals surface area contributed by atoms with Crippen LogP contribution in [-0.4, -0.2) is 20.7 Å². The molecule has 15 heavy (non-hydrogen) atoms. The maximum absolute atomic E-state index is 13.4. The summed E-state index contributed by atoms with van der Waals surface area (Å²) in [4.78, 5) is 0. The number of alkyl halides is 1. The van der Waals surface area contributed by atoms with E-state index in [2.05, 4.69) is 5.32 Å². The normalized spacial score (nSPS) is 10.4. The second kappa shape index (κ2) is 5.66. The molecule has 0 fully saturated rings. The highest BCUT2D eigenvalue weighted by Gasteiger charge is 2.11. The van der Waals surface area contributed by atoms with E-state index in [1.54, 1.807) is 6.07 Å². The zero-order valence-corrected chi connectivity index (χ0v) is 8.94. The fourth-order valence-electron chi connectivity index (χ4n) is 1.46. The summed E-state index contributed by atoms with van der Waals surface area (Å²) >= 11 is 0. The molecule has 0 saturated heterocycles. The number of methoxy groups -OCH3 is 1. The van der Waals surface area contributed by atoms with Gasteiger partial charge < -0.3 is 10.1 Å². The second-order valence-corrected chi connectivity index (χ2v) is 3.26. The minimum absolute atomic E-state index is 0.211. The molecule has 0 atom stereocenters. The van der Waals surface area contributed by atoms with E-state index in [1.165, 1.54) is 13.2 Å². The van der Waals surface area contributed by atoms with E-state index in [4.69, 9.17) is 4.74 Å². The fraction of sp³-hybridized carbons (Fsp3) is 0.455. The predicted molar refractivity (Wildman–Crippen MR) is 55.4 cm³/mol. The average Bonchev–Trinajstić information content (AvgIpc) is 2.25. The van der Waals surface area contributed by atoms with Crippen LogP contribution in [0.25, 0.3) is 0 Å². The number of hydrogen-bond acceptors (Lipinski definition) is 2. The van der Waals surface area contributed by atoms with Crippen molar-refractivity contribution in [2.24, 2.45) is 0 Å². The third-order valence-corrected chi connectivity index (χ3v) is 2.18. The molecule has 0 heterocycles. The molecule has 0 amide bonds. The van der Waals surface area contributed by atoms with Crippen molar-refractivity contribution in [3.8, 4) is 5.75 Å². The number of likely N-dealkylation sites (N-methyl/N-ethyl adjacent to an activating group) is 1. The van der Waals surface area contributed by atoms with Crippen LogP contribution in [-0.2, 0) is 13.1 Å². The molecule has 0 spiro atoms. The van der Waals surface area contributed by atoms with Crippen LogP contribution in [0.1, 0.15) is 11.1 Å². The van der Waals surface area contributed by atoms with E-state index in [0.717, 1.165) is 0 Å². The van der Waals surface area contributed by atoms with Gasteiger partial charge in [0.05, 0.1) is 7.11 Å². The van der Waals surface area contributed by atoms with E-state index in [0.29, 0.717) is 24.1 Å². The highest BCUT2D eigenvalue weighted by Crippen LogP contribution is 2.25. The summed E-state index contributed by atoms with van der Waals surface area (Å²) in [6.45, 7) is 0.0407. The van der Waals surface area contributed by atoms with Gasteiger partial charge in [-0.05, 0) is 43.3 Å². The SMILES string of the molecule is CNCCc1cc(CF)cc(F)c1OC. The lowest BCUT2D eigenvalue weighted by Gasteiger charge is -2.10. The number of halogens is 2. The maximum atomic E-state index is 13.4.